The first-order chi connectivity index (χ1) is 9.29. The lowest BCUT2D eigenvalue weighted by Crippen LogP contribution is -2.39. The molecule has 1 saturated heterocycles. The maximum absolute atomic E-state index is 5.46. The van der Waals surface area contributed by atoms with Crippen LogP contribution in [0.1, 0.15) is 30.8 Å². The minimum absolute atomic E-state index is 0.351. The molecule has 1 N–H and O–H groups in total. The van der Waals surface area contributed by atoms with Gasteiger partial charge in [-0.25, -0.2) is 4.98 Å². The molecular weight excluding hydrogens is 274 g/mol. The van der Waals surface area contributed by atoms with E-state index in [0.717, 1.165) is 30.1 Å². The van der Waals surface area contributed by atoms with Gasteiger partial charge in [-0.05, 0) is 44.1 Å². The van der Waals surface area contributed by atoms with Crippen LogP contribution in [0.5, 0.6) is 0 Å². The zero-order valence-corrected chi connectivity index (χ0v) is 12.6. The van der Waals surface area contributed by atoms with Crippen molar-refractivity contribution in [2.75, 3.05) is 13.1 Å². The van der Waals surface area contributed by atoms with Crippen molar-refractivity contribution in [3.8, 4) is 0 Å². The molecule has 2 aromatic rings. The Kier molecular flexibility index (Phi) is 3.66. The maximum atomic E-state index is 5.46. The zero-order chi connectivity index (χ0) is 13.2. The molecule has 3 nitrogen and oxygen atoms in total. The van der Waals surface area contributed by atoms with Crippen molar-refractivity contribution in [3.63, 3.8) is 0 Å². The van der Waals surface area contributed by atoms with Gasteiger partial charge in [-0.3, -0.25) is 0 Å². The van der Waals surface area contributed by atoms with Crippen LogP contribution in [0.3, 0.4) is 0 Å². The quantitative estimate of drug-likeness (QED) is 0.859. The van der Waals surface area contributed by atoms with Gasteiger partial charge < -0.3 is 10.2 Å². The molecule has 19 heavy (non-hydrogen) atoms. The number of fused-ring (bicyclic) bond motifs is 1. The highest BCUT2D eigenvalue weighted by molar-refractivity contribution is 7.80. The summed E-state index contributed by atoms with van der Waals surface area (Å²) in [5.41, 5.74) is 1.10. The monoisotopic (exact) mass is 291 g/mol. The summed E-state index contributed by atoms with van der Waals surface area (Å²) in [4.78, 5) is 7.07. The number of nitrogens with zero attached hydrogens (tertiary/aromatic N) is 2. The highest BCUT2D eigenvalue weighted by Crippen LogP contribution is 2.36. The van der Waals surface area contributed by atoms with Gasteiger partial charge in [-0.15, -0.1) is 11.3 Å². The number of hydrogen-bond donors (Lipinski definition) is 1. The van der Waals surface area contributed by atoms with E-state index in [-0.39, 0.29) is 0 Å². The van der Waals surface area contributed by atoms with Gasteiger partial charge in [0.25, 0.3) is 0 Å². The number of thiocarbonyl (C=S) groups is 1. The van der Waals surface area contributed by atoms with E-state index < -0.39 is 0 Å². The van der Waals surface area contributed by atoms with Crippen LogP contribution >= 0.6 is 23.6 Å². The zero-order valence-electron chi connectivity index (χ0n) is 10.9. The molecule has 1 aromatic carbocycles. The molecule has 0 amide bonds. The summed E-state index contributed by atoms with van der Waals surface area (Å²) in [6.45, 7) is 3.99. The number of para-hydroxylation sites is 1. The van der Waals surface area contributed by atoms with Gasteiger partial charge in [0.2, 0.25) is 0 Å². The van der Waals surface area contributed by atoms with Crippen molar-refractivity contribution in [1.82, 2.24) is 15.2 Å². The van der Waals surface area contributed by atoms with Gasteiger partial charge in [-0.1, -0.05) is 12.1 Å². The van der Waals surface area contributed by atoms with Gasteiger partial charge in [0.05, 0.1) is 16.3 Å². The second-order valence-electron chi connectivity index (χ2n) is 4.71. The topological polar surface area (TPSA) is 28.2 Å². The molecule has 1 atom stereocenters. The highest BCUT2D eigenvalue weighted by atomic mass is 32.1. The molecule has 0 aliphatic carbocycles. The molecule has 1 fully saturated rings. The number of nitrogens with one attached hydrogen (secondary N) is 1. The number of hydrogen-bond acceptors (Lipinski definition) is 3. The van der Waals surface area contributed by atoms with Crippen molar-refractivity contribution in [2.45, 2.75) is 25.8 Å². The summed E-state index contributed by atoms with van der Waals surface area (Å²) < 4.78 is 1.26. The molecule has 3 rings (SSSR count). The van der Waals surface area contributed by atoms with Gasteiger partial charge >= 0.3 is 0 Å². The Morgan fingerprint density at radius 3 is 3.16 bits per heavy atom. The van der Waals surface area contributed by atoms with Crippen LogP contribution in [0.2, 0.25) is 0 Å². The molecular formula is C14H17N3S2. The third-order valence-electron chi connectivity index (χ3n) is 3.44. The van der Waals surface area contributed by atoms with Crippen LogP contribution in [-0.4, -0.2) is 28.1 Å². The molecule has 1 aliphatic rings. The highest BCUT2D eigenvalue weighted by Gasteiger charge is 2.30. The fourth-order valence-electron chi connectivity index (χ4n) is 2.55. The minimum atomic E-state index is 0.351. The lowest BCUT2D eigenvalue weighted by molar-refractivity contribution is 0.394. The fourth-order valence-corrected chi connectivity index (χ4v) is 4.03. The standard InChI is InChI=1S/C14H17N3S2/c1-2-15-14(18)17-9-5-7-11(17)13-16-10-6-3-4-8-12(10)19-13/h3-4,6,8,11H,2,5,7,9H2,1H3,(H,15,18)/t11-/m0/s1. The molecule has 1 aromatic heterocycles. The van der Waals surface area contributed by atoms with E-state index in [1.807, 2.05) is 6.07 Å². The van der Waals surface area contributed by atoms with Gasteiger partial charge in [-0.2, -0.15) is 0 Å². The molecule has 0 bridgehead atoms. The molecule has 0 unspecified atom stereocenters. The number of rotatable bonds is 2. The van der Waals surface area contributed by atoms with Crippen molar-refractivity contribution in [1.29, 1.82) is 0 Å². The van der Waals surface area contributed by atoms with Crippen molar-refractivity contribution >= 4 is 38.9 Å². The van der Waals surface area contributed by atoms with Crippen molar-refractivity contribution in [2.24, 2.45) is 0 Å². The van der Waals surface area contributed by atoms with Crippen LogP contribution in [0.15, 0.2) is 24.3 Å². The average molecular weight is 291 g/mol. The minimum Gasteiger partial charge on any atom is -0.363 e. The summed E-state index contributed by atoms with van der Waals surface area (Å²) in [6.07, 6.45) is 2.33. The van der Waals surface area contributed by atoms with E-state index in [9.17, 15) is 0 Å². The van der Waals surface area contributed by atoms with E-state index in [2.05, 4.69) is 35.3 Å². The second kappa shape index (κ2) is 5.43. The number of benzene rings is 1. The van der Waals surface area contributed by atoms with Crippen LogP contribution in [-0.2, 0) is 0 Å². The van der Waals surface area contributed by atoms with E-state index in [1.165, 1.54) is 16.1 Å². The third-order valence-corrected chi connectivity index (χ3v) is 4.95. The predicted molar refractivity (Wildman–Crippen MR) is 84.6 cm³/mol. The first kappa shape index (κ1) is 12.8. The van der Waals surface area contributed by atoms with Crippen LogP contribution in [0.25, 0.3) is 10.2 Å². The molecule has 2 heterocycles. The second-order valence-corrected chi connectivity index (χ2v) is 6.16. The summed E-state index contributed by atoms with van der Waals surface area (Å²) >= 11 is 7.26. The van der Waals surface area contributed by atoms with Crippen LogP contribution < -0.4 is 5.32 Å². The van der Waals surface area contributed by atoms with Gasteiger partial charge in [0.15, 0.2) is 5.11 Å². The Labute approximate surface area is 122 Å². The summed E-state index contributed by atoms with van der Waals surface area (Å²) in [6, 6.07) is 8.68. The Morgan fingerprint density at radius 1 is 1.53 bits per heavy atom. The number of likely N-dealkylation sites (tertiary alicyclic amines) is 1. The molecule has 0 spiro atoms. The Balaban J connectivity index is 1.89. The van der Waals surface area contributed by atoms with Gasteiger partial charge in [0, 0.05) is 13.1 Å². The SMILES string of the molecule is CCNC(=S)N1CCC[C@H]1c1nc2ccccc2s1. The molecule has 100 valence electrons. The van der Waals surface area contributed by atoms with E-state index >= 15 is 0 Å². The summed E-state index contributed by atoms with van der Waals surface area (Å²) in [7, 11) is 0. The van der Waals surface area contributed by atoms with Crippen LogP contribution in [0, 0.1) is 0 Å². The lowest BCUT2D eigenvalue weighted by Gasteiger charge is -2.25. The largest absolute Gasteiger partial charge is 0.363 e. The molecule has 5 heteroatoms. The summed E-state index contributed by atoms with van der Waals surface area (Å²) in [5.74, 6) is 0. The summed E-state index contributed by atoms with van der Waals surface area (Å²) in [5, 5.41) is 5.31. The average Bonchev–Trinajstić information content (AvgIpc) is 3.05. The number of thiazole rings is 1. The Bertz CT molecular complexity index is 560. The number of aromatic nitrogens is 1. The normalized spacial score (nSPS) is 19.0. The predicted octanol–water partition coefficient (Wildman–Crippen LogP) is 3.33. The first-order valence-electron chi connectivity index (χ1n) is 6.69. The fraction of sp³-hybridized carbons (Fsp3) is 0.429. The van der Waals surface area contributed by atoms with Crippen molar-refractivity contribution in [3.05, 3.63) is 29.3 Å². The lowest BCUT2D eigenvalue weighted by atomic mass is 10.2. The Morgan fingerprint density at radius 2 is 2.37 bits per heavy atom. The first-order valence-corrected chi connectivity index (χ1v) is 7.92. The van der Waals surface area contributed by atoms with E-state index in [0.29, 0.717) is 6.04 Å². The van der Waals surface area contributed by atoms with Gasteiger partial charge in [0.1, 0.15) is 5.01 Å². The third kappa shape index (κ3) is 2.44. The van der Waals surface area contributed by atoms with E-state index in [1.54, 1.807) is 11.3 Å². The maximum Gasteiger partial charge on any atom is 0.169 e. The Hall–Kier alpha value is -1.20. The molecule has 0 radical (unpaired) electrons. The van der Waals surface area contributed by atoms with Crippen LogP contribution in [0.4, 0.5) is 0 Å². The molecule has 0 saturated carbocycles. The smallest absolute Gasteiger partial charge is 0.169 e. The molecule has 1 aliphatic heterocycles. The van der Waals surface area contributed by atoms with E-state index in [4.69, 9.17) is 17.2 Å². The van der Waals surface area contributed by atoms with Crippen molar-refractivity contribution < 1.29 is 0 Å².